The van der Waals surface area contributed by atoms with Crippen LogP contribution in [0.3, 0.4) is 0 Å². The molecule has 2 saturated heterocycles. The molecule has 0 saturated carbocycles. The third kappa shape index (κ3) is 5.73. The second kappa shape index (κ2) is 11.3. The molecule has 2 aliphatic rings. The molecule has 9 nitrogen and oxygen atoms in total. The molecule has 0 radical (unpaired) electrons. The van der Waals surface area contributed by atoms with Gasteiger partial charge < -0.3 is 19.6 Å². The SMILES string of the molecule is CN(C)S(=O)(=O)c1ccc(C(O)=C2C(=O)C(=O)N(CCC[NH+]3CCOCC3)[C@H]2c2ccc(Cl)cc2)cc1. The Balaban J connectivity index is 1.68. The molecule has 0 spiro atoms. The monoisotopic (exact) mass is 548 g/mol. The van der Waals surface area contributed by atoms with E-state index in [1.807, 2.05) is 0 Å². The van der Waals surface area contributed by atoms with Crippen LogP contribution in [0.4, 0.5) is 0 Å². The Morgan fingerprint density at radius 1 is 1.08 bits per heavy atom. The largest absolute Gasteiger partial charge is 0.507 e. The van der Waals surface area contributed by atoms with Crippen LogP contribution in [0, 0.1) is 0 Å². The molecule has 1 atom stereocenters. The molecule has 0 unspecified atom stereocenters. The van der Waals surface area contributed by atoms with Crippen LogP contribution in [0.1, 0.15) is 23.6 Å². The zero-order chi connectivity index (χ0) is 26.7. The van der Waals surface area contributed by atoms with E-state index in [1.54, 1.807) is 24.3 Å². The maximum absolute atomic E-state index is 13.2. The standard InChI is InChI=1S/C26H30ClN3O6S/c1-28(2)37(34,35)21-10-6-19(7-11-21)24(31)22-23(18-4-8-20(27)9-5-18)30(26(33)25(22)32)13-3-12-29-14-16-36-17-15-29/h4-11,23,31H,3,12-17H2,1-2H3/p+1/t23-/m0/s1. The predicted octanol–water partition coefficient (Wildman–Crippen LogP) is 1.32. The summed E-state index contributed by atoms with van der Waals surface area (Å²) in [6.07, 6.45) is 0.684. The molecule has 0 bridgehead atoms. The fourth-order valence-electron chi connectivity index (χ4n) is 4.66. The van der Waals surface area contributed by atoms with Crippen molar-refractivity contribution >= 4 is 39.1 Å². The lowest BCUT2D eigenvalue weighted by Crippen LogP contribution is -3.14. The van der Waals surface area contributed by atoms with Crippen LogP contribution in [0.25, 0.3) is 5.76 Å². The minimum Gasteiger partial charge on any atom is -0.507 e. The second-order valence-electron chi connectivity index (χ2n) is 9.32. The Hall–Kier alpha value is -2.76. The number of nitrogens with one attached hydrogen (secondary N) is 1. The van der Waals surface area contributed by atoms with Gasteiger partial charge >= 0.3 is 0 Å². The van der Waals surface area contributed by atoms with Crippen molar-refractivity contribution in [3.8, 4) is 0 Å². The van der Waals surface area contributed by atoms with E-state index in [0.29, 0.717) is 36.8 Å². The molecular formula is C26H31ClN3O6S+. The maximum atomic E-state index is 13.2. The first-order chi connectivity index (χ1) is 17.6. The number of likely N-dealkylation sites (tertiary alicyclic amines) is 1. The predicted molar refractivity (Wildman–Crippen MR) is 139 cm³/mol. The van der Waals surface area contributed by atoms with Crippen molar-refractivity contribution in [2.75, 3.05) is 53.5 Å². The van der Waals surface area contributed by atoms with Crippen molar-refractivity contribution in [2.24, 2.45) is 0 Å². The number of ketones is 1. The van der Waals surface area contributed by atoms with Crippen molar-refractivity contribution in [3.63, 3.8) is 0 Å². The molecule has 37 heavy (non-hydrogen) atoms. The molecule has 198 valence electrons. The van der Waals surface area contributed by atoms with E-state index >= 15 is 0 Å². The highest BCUT2D eigenvalue weighted by atomic mass is 35.5. The number of aliphatic hydroxyl groups excluding tert-OH is 1. The third-order valence-corrected chi connectivity index (χ3v) is 8.84. The molecule has 4 rings (SSSR count). The van der Waals surface area contributed by atoms with E-state index in [2.05, 4.69) is 0 Å². The molecule has 0 aliphatic carbocycles. The highest BCUT2D eigenvalue weighted by molar-refractivity contribution is 7.89. The Morgan fingerprint density at radius 3 is 2.30 bits per heavy atom. The van der Waals surface area contributed by atoms with Crippen molar-refractivity contribution < 1.29 is 32.8 Å². The number of carbonyl (C=O) groups is 2. The van der Waals surface area contributed by atoms with Crippen molar-refractivity contribution in [1.29, 1.82) is 0 Å². The molecule has 2 fully saturated rings. The number of amides is 1. The minimum absolute atomic E-state index is 0.0331. The number of hydrogen-bond acceptors (Lipinski definition) is 6. The Bertz CT molecular complexity index is 1290. The number of quaternary nitrogens is 1. The Kier molecular flexibility index (Phi) is 8.35. The second-order valence-corrected chi connectivity index (χ2v) is 11.9. The van der Waals surface area contributed by atoms with Gasteiger partial charge in [0.15, 0.2) is 0 Å². The van der Waals surface area contributed by atoms with Crippen LogP contribution >= 0.6 is 11.6 Å². The highest BCUT2D eigenvalue weighted by Gasteiger charge is 2.46. The quantitative estimate of drug-likeness (QED) is 0.293. The smallest absolute Gasteiger partial charge is 0.295 e. The molecule has 2 aliphatic heterocycles. The fraction of sp³-hybridized carbons (Fsp3) is 0.385. The van der Waals surface area contributed by atoms with Gasteiger partial charge in [-0.2, -0.15) is 0 Å². The number of hydrogen-bond donors (Lipinski definition) is 2. The van der Waals surface area contributed by atoms with Gasteiger partial charge in [0, 0.05) is 37.6 Å². The minimum atomic E-state index is -3.66. The number of halogens is 1. The van der Waals surface area contributed by atoms with Gasteiger partial charge in [0.05, 0.1) is 36.3 Å². The lowest BCUT2D eigenvalue weighted by atomic mass is 9.95. The van der Waals surface area contributed by atoms with Gasteiger partial charge in [-0.05, 0) is 42.0 Å². The molecule has 2 heterocycles. The highest BCUT2D eigenvalue weighted by Crippen LogP contribution is 2.39. The van der Waals surface area contributed by atoms with Gasteiger partial charge in [-0.1, -0.05) is 23.7 Å². The molecule has 11 heteroatoms. The lowest BCUT2D eigenvalue weighted by Gasteiger charge is -2.27. The van der Waals surface area contributed by atoms with Crippen molar-refractivity contribution in [1.82, 2.24) is 9.21 Å². The summed E-state index contributed by atoms with van der Waals surface area (Å²) in [5, 5.41) is 11.7. The van der Waals surface area contributed by atoms with Gasteiger partial charge in [0.1, 0.15) is 18.8 Å². The van der Waals surface area contributed by atoms with Crippen molar-refractivity contribution in [2.45, 2.75) is 17.4 Å². The van der Waals surface area contributed by atoms with Crippen LogP contribution in [-0.2, 0) is 24.3 Å². The topological polar surface area (TPSA) is 109 Å². The Labute approximate surface area is 221 Å². The summed E-state index contributed by atoms with van der Waals surface area (Å²) in [5.74, 6) is -1.81. The first-order valence-corrected chi connectivity index (χ1v) is 13.9. The molecule has 0 aromatic heterocycles. The molecular weight excluding hydrogens is 518 g/mol. The average Bonchev–Trinajstić information content (AvgIpc) is 3.14. The average molecular weight is 549 g/mol. The number of aliphatic hydroxyl groups is 1. The van der Waals surface area contributed by atoms with Crippen LogP contribution in [-0.4, -0.2) is 87.9 Å². The van der Waals surface area contributed by atoms with Crippen LogP contribution in [0.15, 0.2) is 59.0 Å². The van der Waals surface area contributed by atoms with E-state index in [1.165, 1.54) is 48.2 Å². The first-order valence-electron chi connectivity index (χ1n) is 12.1. The van der Waals surface area contributed by atoms with E-state index in [9.17, 15) is 23.1 Å². The maximum Gasteiger partial charge on any atom is 0.295 e. The van der Waals surface area contributed by atoms with Crippen LogP contribution in [0.5, 0.6) is 0 Å². The van der Waals surface area contributed by atoms with Gasteiger partial charge in [0.25, 0.3) is 11.7 Å². The molecule has 1 amide bonds. The van der Waals surface area contributed by atoms with E-state index in [0.717, 1.165) is 23.9 Å². The number of ether oxygens (including phenoxy) is 1. The van der Waals surface area contributed by atoms with Crippen LogP contribution in [0.2, 0.25) is 5.02 Å². The summed E-state index contributed by atoms with van der Waals surface area (Å²) < 4.78 is 31.3. The first kappa shape index (κ1) is 27.3. The van der Waals surface area contributed by atoms with Gasteiger partial charge in [0.2, 0.25) is 10.0 Å². The number of morpholine rings is 1. The molecule has 2 N–H and O–H groups in total. The summed E-state index contributed by atoms with van der Waals surface area (Å²) in [6, 6.07) is 11.6. The van der Waals surface area contributed by atoms with E-state index in [-0.39, 0.29) is 21.8 Å². The number of sulfonamides is 1. The summed E-state index contributed by atoms with van der Waals surface area (Å²) in [5.41, 5.74) is 0.859. The lowest BCUT2D eigenvalue weighted by molar-refractivity contribution is -0.908. The molecule has 2 aromatic carbocycles. The zero-order valence-corrected chi connectivity index (χ0v) is 22.4. The number of benzene rings is 2. The van der Waals surface area contributed by atoms with Gasteiger partial charge in [-0.25, -0.2) is 12.7 Å². The fourth-order valence-corrected chi connectivity index (χ4v) is 5.69. The molecule has 2 aromatic rings. The number of nitrogens with zero attached hydrogens (tertiary/aromatic N) is 2. The zero-order valence-electron chi connectivity index (χ0n) is 20.8. The van der Waals surface area contributed by atoms with Gasteiger partial charge in [-0.15, -0.1) is 0 Å². The number of rotatable bonds is 8. The summed E-state index contributed by atoms with van der Waals surface area (Å²) in [4.78, 5) is 29.3. The Morgan fingerprint density at radius 2 is 1.70 bits per heavy atom. The normalized spacial score (nSPS) is 20.6. The summed E-state index contributed by atoms with van der Waals surface area (Å²) in [7, 11) is -0.804. The number of carbonyl (C=O) groups excluding carboxylic acids is 2. The number of Topliss-reactive ketones (excluding diaryl/α,β-unsaturated/α-hetero) is 1. The van der Waals surface area contributed by atoms with E-state index < -0.39 is 27.8 Å². The van der Waals surface area contributed by atoms with Crippen molar-refractivity contribution in [3.05, 3.63) is 70.3 Å². The van der Waals surface area contributed by atoms with Gasteiger partial charge in [-0.3, -0.25) is 9.59 Å². The van der Waals surface area contributed by atoms with E-state index in [4.69, 9.17) is 16.3 Å². The summed E-state index contributed by atoms with van der Waals surface area (Å²) in [6.45, 7) is 4.40. The van der Waals surface area contributed by atoms with Crippen LogP contribution < -0.4 is 4.90 Å². The summed E-state index contributed by atoms with van der Waals surface area (Å²) >= 11 is 6.08. The third-order valence-electron chi connectivity index (χ3n) is 6.76.